The summed E-state index contributed by atoms with van der Waals surface area (Å²) in [7, 11) is 0.152. The van der Waals surface area contributed by atoms with Crippen molar-refractivity contribution in [3.8, 4) is 0 Å². The lowest BCUT2D eigenvalue weighted by Crippen LogP contribution is -2.54. The number of carbonyl (C=O) groups excluding carboxylic acids is 2. The van der Waals surface area contributed by atoms with Gasteiger partial charge in [0.1, 0.15) is 17.4 Å². The van der Waals surface area contributed by atoms with E-state index in [2.05, 4.69) is 33.9 Å². The Bertz CT molecular complexity index is 1080. The highest BCUT2D eigenvalue weighted by Gasteiger charge is 2.77. The summed E-state index contributed by atoms with van der Waals surface area (Å²) >= 11 is 0. The van der Waals surface area contributed by atoms with Crippen LogP contribution < -0.4 is 0 Å². The zero-order chi connectivity index (χ0) is 24.2. The van der Waals surface area contributed by atoms with Crippen LogP contribution in [0.15, 0.2) is 54.6 Å². The third-order valence-corrected chi connectivity index (χ3v) is 11.9. The summed E-state index contributed by atoms with van der Waals surface area (Å²) < 4.78 is 24.4. The molecule has 0 spiro atoms. The molecule has 0 amide bonds. The Balaban J connectivity index is 2.08. The van der Waals surface area contributed by atoms with Gasteiger partial charge in [0, 0.05) is 5.56 Å². The monoisotopic (exact) mass is 468 g/mol. The topological polar surface area (TPSA) is 71.1 Å². The lowest BCUT2D eigenvalue weighted by atomic mass is 9.65. The number of methoxy groups -OCH3 is 2. The first-order valence-electron chi connectivity index (χ1n) is 11.2. The molecule has 2 aromatic carbocycles. The van der Waals surface area contributed by atoms with Crippen LogP contribution in [-0.4, -0.2) is 34.5 Å². The molecule has 176 valence electrons. The van der Waals surface area contributed by atoms with E-state index in [9.17, 15) is 9.59 Å². The van der Waals surface area contributed by atoms with Gasteiger partial charge in [-0.3, -0.25) is 9.59 Å². The fourth-order valence-corrected chi connectivity index (χ4v) is 6.32. The highest BCUT2D eigenvalue weighted by Crippen LogP contribution is 2.68. The molecular weight excluding hydrogens is 436 g/mol. The minimum atomic E-state index is -2.50. The zero-order valence-corrected chi connectivity index (χ0v) is 21.3. The van der Waals surface area contributed by atoms with Gasteiger partial charge in [0.2, 0.25) is 5.79 Å². The molecule has 0 N–H and O–H groups in total. The molecule has 2 aromatic rings. The van der Waals surface area contributed by atoms with Crippen LogP contribution in [-0.2, 0) is 39.6 Å². The Morgan fingerprint density at radius 2 is 1.36 bits per heavy atom. The highest BCUT2D eigenvalue weighted by atomic mass is 28.4. The molecule has 2 heterocycles. The van der Waals surface area contributed by atoms with Crippen molar-refractivity contribution in [1.82, 2.24) is 0 Å². The second-order valence-electron chi connectivity index (χ2n) is 10.3. The first-order chi connectivity index (χ1) is 15.5. The van der Waals surface area contributed by atoms with Crippen molar-refractivity contribution >= 4 is 20.3 Å². The second kappa shape index (κ2) is 7.79. The van der Waals surface area contributed by atoms with Gasteiger partial charge in [-0.2, -0.15) is 0 Å². The van der Waals surface area contributed by atoms with Gasteiger partial charge in [-0.1, -0.05) is 75.4 Å². The molecule has 0 radical (unpaired) electrons. The van der Waals surface area contributed by atoms with E-state index in [1.165, 1.54) is 14.2 Å². The highest BCUT2D eigenvalue weighted by molar-refractivity contribution is 6.74. The van der Waals surface area contributed by atoms with Crippen LogP contribution in [0.25, 0.3) is 0 Å². The van der Waals surface area contributed by atoms with Gasteiger partial charge in [0.25, 0.3) is 0 Å². The molecule has 0 aliphatic carbocycles. The number of benzene rings is 2. The molecule has 0 saturated carbocycles. The quantitative estimate of drug-likeness (QED) is 0.467. The number of carbonyl (C=O) groups is 2. The first-order valence-corrected chi connectivity index (χ1v) is 14.1. The third-order valence-electron chi connectivity index (χ3n) is 7.52. The molecule has 0 aromatic heterocycles. The number of esters is 2. The SMILES string of the molecule is COC(=O)[C@@H]1[C@@H](C(=O)OC)[C@@]2(c3ccccc3)O[C@]1(O[Si](C)(C)C(C)(C)C)c1ccccc12. The molecule has 33 heavy (non-hydrogen) atoms. The summed E-state index contributed by atoms with van der Waals surface area (Å²) in [4.78, 5) is 26.8. The average molecular weight is 469 g/mol. The molecule has 1 fully saturated rings. The summed E-state index contributed by atoms with van der Waals surface area (Å²) in [6.45, 7) is 10.6. The van der Waals surface area contributed by atoms with E-state index in [1.54, 1.807) is 0 Å². The molecule has 7 heteroatoms. The summed E-state index contributed by atoms with van der Waals surface area (Å²) in [5.41, 5.74) is 1.09. The van der Waals surface area contributed by atoms with Gasteiger partial charge >= 0.3 is 11.9 Å². The standard InChI is InChI=1S/C26H32O6Si/c1-24(2,3)33(6,7)32-26-19-16-12-11-15-18(19)25(31-26,17-13-9-8-10-14-17)20(22(27)29-4)21(26)23(28)30-5/h8-16,20-21H,1-7H3/t20-,21-,25-,26-/m0/s1. The molecule has 4 rings (SSSR count). The summed E-state index contributed by atoms with van der Waals surface area (Å²) in [6, 6.07) is 17.2. The van der Waals surface area contributed by atoms with Gasteiger partial charge < -0.3 is 18.6 Å². The van der Waals surface area contributed by atoms with E-state index in [1.807, 2.05) is 54.6 Å². The molecule has 2 aliphatic heterocycles. The average Bonchev–Trinajstić information content (AvgIpc) is 3.25. The van der Waals surface area contributed by atoms with Crippen LogP contribution in [0, 0.1) is 11.8 Å². The van der Waals surface area contributed by atoms with Gasteiger partial charge in [-0.05, 0) is 29.3 Å². The van der Waals surface area contributed by atoms with Crippen LogP contribution in [0.4, 0.5) is 0 Å². The Morgan fingerprint density at radius 3 is 1.91 bits per heavy atom. The molecule has 1 saturated heterocycles. The molecule has 4 atom stereocenters. The van der Waals surface area contributed by atoms with Crippen LogP contribution in [0.2, 0.25) is 18.1 Å². The van der Waals surface area contributed by atoms with Crippen LogP contribution in [0.5, 0.6) is 0 Å². The van der Waals surface area contributed by atoms with E-state index < -0.39 is 43.5 Å². The number of fused-ring (bicyclic) bond motifs is 5. The number of ether oxygens (including phenoxy) is 3. The third kappa shape index (κ3) is 3.20. The van der Waals surface area contributed by atoms with Crippen molar-refractivity contribution < 1.29 is 28.2 Å². The zero-order valence-electron chi connectivity index (χ0n) is 20.3. The first kappa shape index (κ1) is 23.7. The lowest BCUT2D eigenvalue weighted by molar-refractivity contribution is -0.217. The summed E-state index contributed by atoms with van der Waals surface area (Å²) in [6.07, 6.45) is 0. The van der Waals surface area contributed by atoms with Crippen molar-refractivity contribution in [2.45, 2.75) is 50.3 Å². The smallest absolute Gasteiger partial charge is 0.315 e. The van der Waals surface area contributed by atoms with E-state index in [4.69, 9.17) is 18.6 Å². The van der Waals surface area contributed by atoms with Gasteiger partial charge in [0.05, 0.1) is 14.2 Å². The van der Waals surface area contributed by atoms with Gasteiger partial charge in [-0.15, -0.1) is 0 Å². The Morgan fingerprint density at radius 1 is 0.848 bits per heavy atom. The minimum absolute atomic E-state index is 0.165. The second-order valence-corrected chi connectivity index (χ2v) is 15.0. The van der Waals surface area contributed by atoms with E-state index in [0.717, 1.165) is 16.7 Å². The Labute approximate surface area is 196 Å². The maximum absolute atomic E-state index is 13.4. The van der Waals surface area contributed by atoms with E-state index in [-0.39, 0.29) is 5.04 Å². The van der Waals surface area contributed by atoms with Crippen molar-refractivity contribution in [2.75, 3.05) is 14.2 Å². The Hall–Kier alpha value is -2.48. The lowest BCUT2D eigenvalue weighted by Gasteiger charge is -2.45. The predicted molar refractivity (Wildman–Crippen MR) is 126 cm³/mol. The number of rotatable bonds is 5. The summed E-state index contributed by atoms with van der Waals surface area (Å²) in [5.74, 6) is -4.57. The normalized spacial score (nSPS) is 28.3. The van der Waals surface area contributed by atoms with Crippen LogP contribution in [0.3, 0.4) is 0 Å². The predicted octanol–water partition coefficient (Wildman–Crippen LogP) is 4.73. The summed E-state index contributed by atoms with van der Waals surface area (Å²) in [5, 5.41) is -0.165. The van der Waals surface area contributed by atoms with Crippen molar-refractivity contribution in [3.05, 3.63) is 71.3 Å². The van der Waals surface area contributed by atoms with Gasteiger partial charge in [0.15, 0.2) is 8.32 Å². The molecule has 2 bridgehead atoms. The van der Waals surface area contributed by atoms with Crippen molar-refractivity contribution in [3.63, 3.8) is 0 Å². The largest absolute Gasteiger partial charge is 0.469 e. The van der Waals surface area contributed by atoms with Gasteiger partial charge in [-0.25, -0.2) is 0 Å². The van der Waals surface area contributed by atoms with E-state index >= 15 is 0 Å². The van der Waals surface area contributed by atoms with E-state index in [0.29, 0.717) is 0 Å². The number of hydrogen-bond acceptors (Lipinski definition) is 6. The number of hydrogen-bond donors (Lipinski definition) is 0. The van der Waals surface area contributed by atoms with Crippen LogP contribution >= 0.6 is 0 Å². The molecule has 0 unspecified atom stereocenters. The maximum Gasteiger partial charge on any atom is 0.315 e. The van der Waals surface area contributed by atoms with Crippen molar-refractivity contribution in [2.24, 2.45) is 11.8 Å². The minimum Gasteiger partial charge on any atom is -0.469 e. The fraction of sp³-hybridized carbons (Fsp3) is 0.462. The molecule has 6 nitrogen and oxygen atoms in total. The van der Waals surface area contributed by atoms with Crippen LogP contribution in [0.1, 0.15) is 37.5 Å². The Kier molecular flexibility index (Phi) is 5.59. The fourth-order valence-electron chi connectivity index (χ4n) is 4.97. The van der Waals surface area contributed by atoms with Crippen molar-refractivity contribution in [1.29, 1.82) is 0 Å². The molecule has 2 aliphatic rings. The maximum atomic E-state index is 13.4. The molecular formula is C26H32O6Si.